The minimum Gasteiger partial charge on any atom is -0.507 e. The number of hydrogen-bond acceptors (Lipinski definition) is 2. The summed E-state index contributed by atoms with van der Waals surface area (Å²) in [4.78, 5) is 2.52. The average molecular weight is 288 g/mol. The molecular formula is C17H18ClNO. The molecule has 3 heteroatoms. The first-order valence-electron chi connectivity index (χ1n) is 7.02. The van der Waals surface area contributed by atoms with Crippen molar-refractivity contribution in [3.63, 3.8) is 0 Å². The summed E-state index contributed by atoms with van der Waals surface area (Å²) in [6.07, 6.45) is 8.42. The highest BCUT2D eigenvalue weighted by Gasteiger charge is 2.27. The van der Waals surface area contributed by atoms with Crippen LogP contribution < -0.4 is 4.90 Å². The first-order chi connectivity index (χ1) is 9.34. The highest BCUT2D eigenvalue weighted by molar-refractivity contribution is 5.99. The lowest BCUT2D eigenvalue weighted by molar-refractivity contribution is 0.393. The summed E-state index contributed by atoms with van der Waals surface area (Å²) >= 11 is 0. The third kappa shape index (κ3) is 1.87. The predicted octanol–water partition coefficient (Wildman–Crippen LogP) is 4.35. The van der Waals surface area contributed by atoms with Crippen LogP contribution in [0.2, 0.25) is 0 Å². The Kier molecular flexibility index (Phi) is 3.35. The number of nitrogens with zero attached hydrogens (tertiary/aromatic N) is 1. The number of aromatic hydroxyl groups is 1. The van der Waals surface area contributed by atoms with Gasteiger partial charge in [-0.05, 0) is 42.8 Å². The lowest BCUT2D eigenvalue weighted by Crippen LogP contribution is -2.41. The van der Waals surface area contributed by atoms with E-state index in [9.17, 15) is 5.11 Å². The van der Waals surface area contributed by atoms with Crippen molar-refractivity contribution in [3.05, 3.63) is 42.0 Å². The Morgan fingerprint density at radius 2 is 1.90 bits per heavy atom. The average Bonchev–Trinajstić information content (AvgIpc) is 2.37. The van der Waals surface area contributed by atoms with Crippen LogP contribution in [0.1, 0.15) is 24.8 Å². The fourth-order valence-electron chi connectivity index (χ4n) is 3.21. The summed E-state index contributed by atoms with van der Waals surface area (Å²) in [6.45, 7) is 1.02. The van der Waals surface area contributed by atoms with Gasteiger partial charge in [-0.1, -0.05) is 24.3 Å². The summed E-state index contributed by atoms with van der Waals surface area (Å²) in [6, 6.07) is 10.7. The molecule has 0 spiro atoms. The standard InChI is InChI=1S/C17H17NO.ClH/c19-17-8-2-6-13-14-7-3-11-18(12-4-1-5-12)16(14)10-9-15(13)17;/h2-3,6-10,12,19H,1,4-5,11H2;1H. The Morgan fingerprint density at radius 1 is 1.05 bits per heavy atom. The number of rotatable bonds is 1. The minimum absolute atomic E-state index is 0. The smallest absolute Gasteiger partial charge is 0.123 e. The maximum Gasteiger partial charge on any atom is 0.123 e. The van der Waals surface area contributed by atoms with Crippen molar-refractivity contribution in [1.82, 2.24) is 0 Å². The number of halogens is 1. The van der Waals surface area contributed by atoms with Gasteiger partial charge in [-0.15, -0.1) is 12.4 Å². The van der Waals surface area contributed by atoms with Crippen LogP contribution in [-0.2, 0) is 0 Å². The molecule has 2 nitrogen and oxygen atoms in total. The molecule has 4 rings (SSSR count). The van der Waals surface area contributed by atoms with Crippen molar-refractivity contribution in [1.29, 1.82) is 0 Å². The van der Waals surface area contributed by atoms with Crippen LogP contribution in [0, 0.1) is 0 Å². The van der Waals surface area contributed by atoms with E-state index in [4.69, 9.17) is 0 Å². The molecule has 2 aliphatic rings. The largest absolute Gasteiger partial charge is 0.507 e. The van der Waals surface area contributed by atoms with E-state index in [0.717, 1.165) is 17.3 Å². The maximum absolute atomic E-state index is 9.97. The zero-order valence-corrected chi connectivity index (χ0v) is 12.1. The van der Waals surface area contributed by atoms with Gasteiger partial charge in [0.05, 0.1) is 0 Å². The van der Waals surface area contributed by atoms with Crippen LogP contribution in [0.4, 0.5) is 5.69 Å². The second-order valence-electron chi connectivity index (χ2n) is 5.51. The van der Waals surface area contributed by atoms with Gasteiger partial charge in [-0.3, -0.25) is 0 Å². The lowest BCUT2D eigenvalue weighted by atomic mass is 9.89. The molecule has 0 radical (unpaired) electrons. The molecule has 2 aromatic rings. The Balaban J connectivity index is 0.00000121. The van der Waals surface area contributed by atoms with E-state index in [1.807, 2.05) is 12.1 Å². The third-order valence-corrected chi connectivity index (χ3v) is 4.47. The van der Waals surface area contributed by atoms with E-state index >= 15 is 0 Å². The van der Waals surface area contributed by atoms with Crippen LogP contribution in [0.5, 0.6) is 5.75 Å². The molecule has 1 aliphatic heterocycles. The van der Waals surface area contributed by atoms with Crippen molar-refractivity contribution in [2.75, 3.05) is 11.4 Å². The van der Waals surface area contributed by atoms with Gasteiger partial charge in [0.1, 0.15) is 5.75 Å². The highest BCUT2D eigenvalue weighted by Crippen LogP contribution is 2.39. The summed E-state index contributed by atoms with van der Waals surface area (Å²) in [5.41, 5.74) is 2.58. The van der Waals surface area contributed by atoms with Gasteiger partial charge >= 0.3 is 0 Å². The molecule has 1 N–H and O–H groups in total. The molecule has 0 saturated heterocycles. The van der Waals surface area contributed by atoms with Crippen molar-refractivity contribution in [3.8, 4) is 5.75 Å². The first-order valence-corrected chi connectivity index (χ1v) is 7.02. The predicted molar refractivity (Wildman–Crippen MR) is 86.9 cm³/mol. The van der Waals surface area contributed by atoms with E-state index in [1.54, 1.807) is 6.07 Å². The fourth-order valence-corrected chi connectivity index (χ4v) is 3.21. The summed E-state index contributed by atoms with van der Waals surface area (Å²) in [5, 5.41) is 12.1. The van der Waals surface area contributed by atoms with Crippen molar-refractivity contribution in [2.45, 2.75) is 25.3 Å². The summed E-state index contributed by atoms with van der Waals surface area (Å²) in [5.74, 6) is 0.370. The molecule has 0 amide bonds. The van der Waals surface area contributed by atoms with Crippen LogP contribution >= 0.6 is 12.4 Å². The number of fused-ring (bicyclic) bond motifs is 3. The molecule has 20 heavy (non-hydrogen) atoms. The molecule has 104 valence electrons. The van der Waals surface area contributed by atoms with Crippen molar-refractivity contribution >= 4 is 34.9 Å². The van der Waals surface area contributed by atoms with Crippen molar-refractivity contribution in [2.24, 2.45) is 0 Å². The second kappa shape index (κ2) is 5.02. The Bertz CT molecular complexity index is 676. The molecule has 1 fully saturated rings. The molecule has 0 aromatic heterocycles. The van der Waals surface area contributed by atoms with E-state index in [-0.39, 0.29) is 12.4 Å². The Labute approximate surface area is 125 Å². The van der Waals surface area contributed by atoms with Gasteiger partial charge in [0.15, 0.2) is 0 Å². The number of benzene rings is 2. The van der Waals surface area contributed by atoms with Crippen LogP contribution in [0.25, 0.3) is 16.8 Å². The van der Waals surface area contributed by atoms with Gasteiger partial charge in [0, 0.05) is 29.2 Å². The maximum atomic E-state index is 9.97. The number of phenols is 1. The van der Waals surface area contributed by atoms with Gasteiger partial charge in [-0.2, -0.15) is 0 Å². The van der Waals surface area contributed by atoms with E-state index in [0.29, 0.717) is 11.8 Å². The van der Waals surface area contributed by atoms with Gasteiger partial charge < -0.3 is 10.0 Å². The Hall–Kier alpha value is -1.67. The molecule has 0 bridgehead atoms. The quantitative estimate of drug-likeness (QED) is 0.843. The van der Waals surface area contributed by atoms with Gasteiger partial charge in [0.25, 0.3) is 0 Å². The molecule has 1 heterocycles. The second-order valence-corrected chi connectivity index (χ2v) is 5.51. The monoisotopic (exact) mass is 287 g/mol. The third-order valence-electron chi connectivity index (χ3n) is 4.47. The zero-order chi connectivity index (χ0) is 12.8. The first kappa shape index (κ1) is 13.3. The van der Waals surface area contributed by atoms with Gasteiger partial charge in [-0.25, -0.2) is 0 Å². The molecule has 0 unspecified atom stereocenters. The Morgan fingerprint density at radius 3 is 2.65 bits per heavy atom. The number of anilines is 1. The zero-order valence-electron chi connectivity index (χ0n) is 11.2. The molecule has 1 saturated carbocycles. The summed E-state index contributed by atoms with van der Waals surface area (Å²) < 4.78 is 0. The van der Waals surface area contributed by atoms with E-state index in [1.165, 1.54) is 30.5 Å². The molecule has 0 atom stereocenters. The number of hydrogen-bond donors (Lipinski definition) is 1. The van der Waals surface area contributed by atoms with E-state index in [2.05, 4.69) is 29.2 Å². The molecule has 1 aliphatic carbocycles. The van der Waals surface area contributed by atoms with Crippen molar-refractivity contribution < 1.29 is 5.11 Å². The topological polar surface area (TPSA) is 23.5 Å². The normalized spacial score (nSPS) is 17.5. The van der Waals surface area contributed by atoms with Crippen LogP contribution in [0.3, 0.4) is 0 Å². The van der Waals surface area contributed by atoms with Crippen LogP contribution in [0.15, 0.2) is 36.4 Å². The van der Waals surface area contributed by atoms with Crippen LogP contribution in [-0.4, -0.2) is 17.7 Å². The SMILES string of the molecule is Cl.Oc1cccc2c3c(ccc12)N(C1CCC1)CC=C3. The molecular weight excluding hydrogens is 270 g/mol. The fraction of sp³-hybridized carbons (Fsp3) is 0.294. The van der Waals surface area contributed by atoms with E-state index < -0.39 is 0 Å². The lowest BCUT2D eigenvalue weighted by Gasteiger charge is -2.41. The highest BCUT2D eigenvalue weighted by atomic mass is 35.5. The molecule has 2 aromatic carbocycles. The number of phenolic OH excluding ortho intramolecular Hbond substituents is 1. The van der Waals surface area contributed by atoms with Gasteiger partial charge in [0.2, 0.25) is 0 Å². The summed E-state index contributed by atoms with van der Waals surface area (Å²) in [7, 11) is 0. The minimum atomic E-state index is 0.